The zero-order valence-electron chi connectivity index (χ0n) is 17.6. The van der Waals surface area contributed by atoms with Gasteiger partial charge in [-0.05, 0) is 76.4 Å². The molecule has 1 fully saturated rings. The minimum atomic E-state index is 0.00233. The number of aromatic nitrogens is 2. The third-order valence-corrected chi connectivity index (χ3v) is 6.92. The zero-order chi connectivity index (χ0) is 20.4. The van der Waals surface area contributed by atoms with Crippen molar-refractivity contribution < 1.29 is 4.79 Å². The molecule has 1 atom stereocenters. The number of thiophene rings is 1. The topological polar surface area (TPSA) is 50.2 Å². The first-order chi connectivity index (χ1) is 14.0. The number of amides is 1. The van der Waals surface area contributed by atoms with E-state index in [-0.39, 0.29) is 5.91 Å². The second-order valence-corrected chi connectivity index (χ2v) is 9.24. The van der Waals surface area contributed by atoms with Gasteiger partial charge in [0.05, 0.1) is 5.69 Å². The summed E-state index contributed by atoms with van der Waals surface area (Å²) in [5.74, 6) is 0.794. The number of nitrogens with one attached hydrogen (secondary N) is 1. The molecule has 0 spiro atoms. The highest BCUT2D eigenvalue weighted by Crippen LogP contribution is 2.34. The summed E-state index contributed by atoms with van der Waals surface area (Å²) < 4.78 is 2.17. The fourth-order valence-electron chi connectivity index (χ4n) is 4.39. The Labute approximate surface area is 176 Å². The van der Waals surface area contributed by atoms with Crippen LogP contribution in [0.1, 0.15) is 47.2 Å². The average molecular weight is 411 g/mol. The number of carbonyl (C=O) groups excluding carboxylic acids is 1. The number of fused-ring (bicyclic) bond motifs is 1. The van der Waals surface area contributed by atoms with Crippen LogP contribution in [0, 0.1) is 19.8 Å². The van der Waals surface area contributed by atoms with E-state index in [9.17, 15) is 4.79 Å². The Morgan fingerprint density at radius 2 is 2.07 bits per heavy atom. The van der Waals surface area contributed by atoms with Crippen molar-refractivity contribution in [3.63, 3.8) is 0 Å². The largest absolute Gasteiger partial charge is 0.351 e. The number of hydrogen-bond donors (Lipinski definition) is 1. The van der Waals surface area contributed by atoms with Gasteiger partial charge in [0.15, 0.2) is 0 Å². The Bertz CT molecular complexity index is 986. The van der Waals surface area contributed by atoms with Crippen molar-refractivity contribution in [3.8, 4) is 5.69 Å². The summed E-state index contributed by atoms with van der Waals surface area (Å²) in [5, 5.41) is 4.19. The van der Waals surface area contributed by atoms with Crippen LogP contribution in [0.5, 0.6) is 0 Å². The molecule has 1 amide bonds. The summed E-state index contributed by atoms with van der Waals surface area (Å²) in [6.07, 6.45) is 5.41. The van der Waals surface area contributed by atoms with Crippen molar-refractivity contribution in [3.05, 3.63) is 46.7 Å². The van der Waals surface area contributed by atoms with Gasteiger partial charge in [-0.1, -0.05) is 6.92 Å². The fourth-order valence-corrected chi connectivity index (χ4v) is 5.44. The first kappa shape index (κ1) is 20.1. The molecule has 6 heteroatoms. The van der Waals surface area contributed by atoms with Crippen LogP contribution in [0.4, 0.5) is 0 Å². The van der Waals surface area contributed by atoms with Crippen molar-refractivity contribution in [2.24, 2.45) is 5.92 Å². The highest BCUT2D eigenvalue weighted by molar-refractivity contribution is 7.21. The molecule has 4 rings (SSSR count). The molecule has 4 heterocycles. The second kappa shape index (κ2) is 8.67. The van der Waals surface area contributed by atoms with E-state index in [1.54, 1.807) is 6.20 Å². The van der Waals surface area contributed by atoms with E-state index < -0.39 is 0 Å². The fraction of sp³-hybridized carbons (Fsp3) is 0.478. The van der Waals surface area contributed by atoms with Crippen LogP contribution in [-0.2, 0) is 0 Å². The number of hydrogen-bond acceptors (Lipinski definition) is 4. The SMILES string of the molecule is Cc1ccc(C)n1-c1c(C(=O)NCCCN2CCC[C@H](C)C2)sc2ncccc12. The van der Waals surface area contributed by atoms with Gasteiger partial charge < -0.3 is 14.8 Å². The van der Waals surface area contributed by atoms with Gasteiger partial charge in [0.1, 0.15) is 9.71 Å². The third kappa shape index (κ3) is 4.23. The lowest BCUT2D eigenvalue weighted by Crippen LogP contribution is -2.36. The van der Waals surface area contributed by atoms with Crippen molar-refractivity contribution >= 4 is 27.5 Å². The van der Waals surface area contributed by atoms with Crippen molar-refractivity contribution in [2.75, 3.05) is 26.2 Å². The summed E-state index contributed by atoms with van der Waals surface area (Å²) in [5.41, 5.74) is 3.21. The number of carbonyl (C=O) groups is 1. The Morgan fingerprint density at radius 1 is 1.28 bits per heavy atom. The number of piperidine rings is 1. The molecule has 0 aliphatic carbocycles. The molecule has 1 aliphatic rings. The van der Waals surface area contributed by atoms with Crippen molar-refractivity contribution in [1.82, 2.24) is 19.8 Å². The number of nitrogens with zero attached hydrogens (tertiary/aromatic N) is 3. The minimum Gasteiger partial charge on any atom is -0.351 e. The normalized spacial score (nSPS) is 17.7. The highest BCUT2D eigenvalue weighted by Gasteiger charge is 2.22. The van der Waals surface area contributed by atoms with E-state index in [1.165, 1.54) is 37.3 Å². The Morgan fingerprint density at radius 3 is 2.83 bits per heavy atom. The lowest BCUT2D eigenvalue weighted by Gasteiger charge is -2.30. The molecule has 0 unspecified atom stereocenters. The number of rotatable bonds is 6. The first-order valence-electron chi connectivity index (χ1n) is 10.6. The molecule has 3 aromatic heterocycles. The summed E-state index contributed by atoms with van der Waals surface area (Å²) in [7, 11) is 0. The van der Waals surface area contributed by atoms with Crippen LogP contribution in [0.3, 0.4) is 0 Å². The molecule has 1 saturated heterocycles. The van der Waals surface area contributed by atoms with Crippen LogP contribution in [-0.4, -0.2) is 46.5 Å². The van der Waals surface area contributed by atoms with Gasteiger partial charge >= 0.3 is 0 Å². The van der Waals surface area contributed by atoms with Gasteiger partial charge in [-0.3, -0.25) is 4.79 Å². The smallest absolute Gasteiger partial charge is 0.263 e. The van der Waals surface area contributed by atoms with E-state index in [1.807, 2.05) is 6.07 Å². The van der Waals surface area contributed by atoms with Crippen LogP contribution in [0.25, 0.3) is 15.9 Å². The van der Waals surface area contributed by atoms with Gasteiger partial charge in [0.25, 0.3) is 5.91 Å². The molecule has 154 valence electrons. The van der Waals surface area contributed by atoms with E-state index in [2.05, 4.69) is 58.7 Å². The lowest BCUT2D eigenvalue weighted by atomic mass is 10.0. The predicted octanol–water partition coefficient (Wildman–Crippen LogP) is 4.56. The lowest BCUT2D eigenvalue weighted by molar-refractivity contribution is 0.0954. The van der Waals surface area contributed by atoms with Gasteiger partial charge in [-0.15, -0.1) is 11.3 Å². The molecule has 0 radical (unpaired) electrons. The molecule has 29 heavy (non-hydrogen) atoms. The molecule has 3 aromatic rings. The second-order valence-electron chi connectivity index (χ2n) is 8.24. The molecule has 1 N–H and O–H groups in total. The summed E-state index contributed by atoms with van der Waals surface area (Å²) in [6.45, 7) is 10.6. The highest BCUT2D eigenvalue weighted by atomic mass is 32.1. The molecule has 0 aromatic carbocycles. The van der Waals surface area contributed by atoms with Gasteiger partial charge in [0, 0.05) is 36.1 Å². The maximum absolute atomic E-state index is 13.1. The standard InChI is InChI=1S/C23H30N4OS/c1-16-7-5-13-26(15-16)14-6-12-24-22(28)21-20(27-17(2)9-10-18(27)3)19-8-4-11-25-23(19)29-21/h4,8-11,16H,5-7,12-15H2,1-3H3,(H,24,28)/t16-/m0/s1. The van der Waals surface area contributed by atoms with Crippen LogP contribution in [0.2, 0.25) is 0 Å². The third-order valence-electron chi connectivity index (χ3n) is 5.82. The van der Waals surface area contributed by atoms with E-state index in [0.717, 1.165) is 51.1 Å². The van der Waals surface area contributed by atoms with E-state index in [0.29, 0.717) is 6.54 Å². The van der Waals surface area contributed by atoms with E-state index in [4.69, 9.17) is 0 Å². The molecule has 0 saturated carbocycles. The quantitative estimate of drug-likeness (QED) is 0.606. The zero-order valence-corrected chi connectivity index (χ0v) is 18.4. The summed E-state index contributed by atoms with van der Waals surface area (Å²) in [6, 6.07) is 8.18. The van der Waals surface area contributed by atoms with Gasteiger partial charge in [-0.2, -0.15) is 0 Å². The first-order valence-corrected chi connectivity index (χ1v) is 11.4. The monoisotopic (exact) mass is 410 g/mol. The molecule has 1 aliphatic heterocycles. The summed E-state index contributed by atoms with van der Waals surface area (Å²) in [4.78, 5) is 21.8. The number of likely N-dealkylation sites (tertiary alicyclic amines) is 1. The molecular formula is C23H30N4OS. The Hall–Kier alpha value is -2.18. The summed E-state index contributed by atoms with van der Waals surface area (Å²) >= 11 is 1.48. The van der Waals surface area contributed by atoms with Crippen LogP contribution < -0.4 is 5.32 Å². The number of aryl methyl sites for hydroxylation is 2. The minimum absolute atomic E-state index is 0.00233. The van der Waals surface area contributed by atoms with Crippen molar-refractivity contribution in [2.45, 2.75) is 40.0 Å². The molecule has 0 bridgehead atoms. The van der Waals surface area contributed by atoms with Crippen molar-refractivity contribution in [1.29, 1.82) is 0 Å². The Kier molecular flexibility index (Phi) is 6.01. The van der Waals surface area contributed by atoms with E-state index >= 15 is 0 Å². The molecular weight excluding hydrogens is 380 g/mol. The average Bonchev–Trinajstić information content (AvgIpc) is 3.24. The maximum Gasteiger partial charge on any atom is 0.263 e. The van der Waals surface area contributed by atoms with Gasteiger partial charge in [-0.25, -0.2) is 4.98 Å². The molecule has 5 nitrogen and oxygen atoms in total. The maximum atomic E-state index is 13.1. The Balaban J connectivity index is 1.50. The predicted molar refractivity (Wildman–Crippen MR) is 120 cm³/mol. The van der Waals surface area contributed by atoms with Gasteiger partial charge in [0.2, 0.25) is 0 Å². The van der Waals surface area contributed by atoms with Crippen LogP contribution >= 0.6 is 11.3 Å². The van der Waals surface area contributed by atoms with Crippen LogP contribution in [0.15, 0.2) is 30.5 Å². The number of pyridine rings is 1.